The van der Waals surface area contributed by atoms with E-state index in [9.17, 15) is 0 Å². The summed E-state index contributed by atoms with van der Waals surface area (Å²) in [6.07, 6.45) is 4.71. The lowest BCUT2D eigenvalue weighted by Gasteiger charge is -2.29. The topological polar surface area (TPSA) is 80.7 Å². The SMILES string of the molecule is COCCCN=C(NN)N1CCn2ccnc2C1. The predicted molar refractivity (Wildman–Crippen MR) is 68.8 cm³/mol. The van der Waals surface area contributed by atoms with Crippen LogP contribution in [0, 0.1) is 0 Å². The number of ether oxygens (including phenoxy) is 1. The lowest BCUT2D eigenvalue weighted by atomic mass is 10.3. The number of fused-ring (bicyclic) bond motifs is 1. The highest BCUT2D eigenvalue weighted by Gasteiger charge is 2.18. The molecule has 0 spiro atoms. The number of imidazole rings is 1. The Hall–Kier alpha value is -1.60. The van der Waals surface area contributed by atoms with Gasteiger partial charge >= 0.3 is 0 Å². The molecule has 0 saturated carbocycles. The molecule has 2 rings (SSSR count). The number of methoxy groups -OCH3 is 1. The van der Waals surface area contributed by atoms with Crippen LogP contribution < -0.4 is 11.3 Å². The van der Waals surface area contributed by atoms with Crippen LogP contribution in [0.5, 0.6) is 0 Å². The molecule has 1 aliphatic heterocycles. The van der Waals surface area contributed by atoms with Crippen molar-refractivity contribution < 1.29 is 4.74 Å². The van der Waals surface area contributed by atoms with Crippen molar-refractivity contribution in [2.75, 3.05) is 26.8 Å². The van der Waals surface area contributed by atoms with E-state index >= 15 is 0 Å². The monoisotopic (exact) mass is 252 g/mol. The average molecular weight is 252 g/mol. The number of hydrazine groups is 1. The van der Waals surface area contributed by atoms with Crippen LogP contribution in [0.2, 0.25) is 0 Å². The second-order valence-electron chi connectivity index (χ2n) is 4.15. The van der Waals surface area contributed by atoms with Gasteiger partial charge in [-0.15, -0.1) is 0 Å². The number of nitrogens with zero attached hydrogens (tertiary/aromatic N) is 4. The molecule has 0 fully saturated rings. The van der Waals surface area contributed by atoms with Gasteiger partial charge in [-0.2, -0.15) is 0 Å². The highest BCUT2D eigenvalue weighted by Crippen LogP contribution is 2.09. The van der Waals surface area contributed by atoms with Crippen molar-refractivity contribution in [1.29, 1.82) is 0 Å². The number of nitrogens with one attached hydrogen (secondary N) is 1. The quantitative estimate of drug-likeness (QED) is 0.249. The fraction of sp³-hybridized carbons (Fsp3) is 0.636. The lowest BCUT2D eigenvalue weighted by Crippen LogP contribution is -2.48. The molecule has 0 aromatic carbocycles. The van der Waals surface area contributed by atoms with Gasteiger partial charge in [0.1, 0.15) is 5.82 Å². The minimum atomic E-state index is 0.707. The molecule has 3 N–H and O–H groups in total. The first kappa shape index (κ1) is 12.8. The minimum Gasteiger partial charge on any atom is -0.385 e. The molecule has 2 heterocycles. The van der Waals surface area contributed by atoms with Crippen molar-refractivity contribution >= 4 is 5.96 Å². The predicted octanol–water partition coefficient (Wildman–Crippen LogP) is -0.445. The molecular weight excluding hydrogens is 232 g/mol. The van der Waals surface area contributed by atoms with E-state index in [0.717, 1.165) is 37.8 Å². The van der Waals surface area contributed by atoms with Crippen molar-refractivity contribution in [3.8, 4) is 0 Å². The summed E-state index contributed by atoms with van der Waals surface area (Å²) in [4.78, 5) is 10.9. The first-order valence-electron chi connectivity index (χ1n) is 6.10. The average Bonchev–Trinajstić information content (AvgIpc) is 2.86. The highest BCUT2D eigenvalue weighted by atomic mass is 16.5. The van der Waals surface area contributed by atoms with Gasteiger partial charge in [0.15, 0.2) is 0 Å². The van der Waals surface area contributed by atoms with Crippen LogP contribution in [0.4, 0.5) is 0 Å². The van der Waals surface area contributed by atoms with Crippen LogP contribution in [0.25, 0.3) is 0 Å². The van der Waals surface area contributed by atoms with E-state index in [2.05, 4.69) is 24.9 Å². The molecule has 1 aliphatic rings. The van der Waals surface area contributed by atoms with Crippen LogP contribution in [0.1, 0.15) is 12.2 Å². The highest BCUT2D eigenvalue weighted by molar-refractivity contribution is 5.79. The molecule has 100 valence electrons. The third-order valence-corrected chi connectivity index (χ3v) is 2.94. The van der Waals surface area contributed by atoms with Gasteiger partial charge in [0.25, 0.3) is 0 Å². The molecule has 0 radical (unpaired) electrons. The fourth-order valence-corrected chi connectivity index (χ4v) is 1.99. The number of aromatic nitrogens is 2. The Morgan fingerprint density at radius 2 is 2.50 bits per heavy atom. The van der Waals surface area contributed by atoms with Crippen molar-refractivity contribution in [3.63, 3.8) is 0 Å². The van der Waals surface area contributed by atoms with E-state index in [1.807, 2.05) is 12.4 Å². The number of rotatable bonds is 4. The zero-order valence-corrected chi connectivity index (χ0v) is 10.7. The molecule has 7 heteroatoms. The zero-order valence-electron chi connectivity index (χ0n) is 10.7. The van der Waals surface area contributed by atoms with Gasteiger partial charge in [-0.25, -0.2) is 10.8 Å². The molecule has 0 aliphatic carbocycles. The lowest BCUT2D eigenvalue weighted by molar-refractivity contribution is 0.196. The smallest absolute Gasteiger partial charge is 0.208 e. The maximum Gasteiger partial charge on any atom is 0.208 e. The van der Waals surface area contributed by atoms with Gasteiger partial charge in [0.05, 0.1) is 6.54 Å². The van der Waals surface area contributed by atoms with Crippen molar-refractivity contribution in [3.05, 3.63) is 18.2 Å². The fourth-order valence-electron chi connectivity index (χ4n) is 1.99. The standard InChI is InChI=1S/C11H20N6O/c1-18-8-2-3-14-11(15-12)17-7-6-16-5-4-13-10(16)9-17/h4-5H,2-3,6-9,12H2,1H3,(H,14,15). The Morgan fingerprint density at radius 1 is 1.61 bits per heavy atom. The molecular formula is C11H20N6O. The van der Waals surface area contributed by atoms with Gasteiger partial charge in [0.2, 0.25) is 5.96 Å². The number of guanidine groups is 1. The van der Waals surface area contributed by atoms with Crippen molar-refractivity contribution in [2.24, 2.45) is 10.8 Å². The van der Waals surface area contributed by atoms with E-state index in [1.165, 1.54) is 0 Å². The summed E-state index contributed by atoms with van der Waals surface area (Å²) in [6.45, 7) is 3.95. The summed E-state index contributed by atoms with van der Waals surface area (Å²) >= 11 is 0. The number of nitrogens with two attached hydrogens (primary N) is 1. The van der Waals surface area contributed by atoms with Crippen LogP contribution in [0.3, 0.4) is 0 Å². The summed E-state index contributed by atoms with van der Waals surface area (Å²) in [5.74, 6) is 7.30. The van der Waals surface area contributed by atoms with Crippen molar-refractivity contribution in [2.45, 2.75) is 19.5 Å². The Morgan fingerprint density at radius 3 is 3.28 bits per heavy atom. The molecule has 0 bridgehead atoms. The van der Waals surface area contributed by atoms with Gasteiger partial charge < -0.3 is 14.2 Å². The molecule has 0 saturated heterocycles. The molecule has 7 nitrogen and oxygen atoms in total. The summed E-state index contributed by atoms with van der Waals surface area (Å²) in [7, 11) is 1.69. The first-order valence-corrected chi connectivity index (χ1v) is 6.10. The zero-order chi connectivity index (χ0) is 12.8. The minimum absolute atomic E-state index is 0.707. The Kier molecular flexibility index (Phi) is 4.54. The largest absolute Gasteiger partial charge is 0.385 e. The van der Waals surface area contributed by atoms with Crippen LogP contribution in [-0.4, -0.2) is 47.2 Å². The van der Waals surface area contributed by atoms with Gasteiger partial charge in [-0.3, -0.25) is 10.4 Å². The molecule has 0 atom stereocenters. The maximum absolute atomic E-state index is 5.53. The van der Waals surface area contributed by atoms with E-state index in [1.54, 1.807) is 7.11 Å². The third-order valence-electron chi connectivity index (χ3n) is 2.94. The van der Waals surface area contributed by atoms with E-state index < -0.39 is 0 Å². The first-order chi connectivity index (χ1) is 8.85. The van der Waals surface area contributed by atoms with Gasteiger partial charge in [-0.1, -0.05) is 0 Å². The second-order valence-corrected chi connectivity index (χ2v) is 4.15. The number of hydrogen-bond acceptors (Lipinski definition) is 4. The van der Waals surface area contributed by atoms with E-state index in [-0.39, 0.29) is 0 Å². The van der Waals surface area contributed by atoms with Crippen LogP contribution >= 0.6 is 0 Å². The van der Waals surface area contributed by atoms with Gasteiger partial charge in [-0.05, 0) is 6.42 Å². The van der Waals surface area contributed by atoms with Crippen molar-refractivity contribution in [1.82, 2.24) is 19.9 Å². The molecule has 0 amide bonds. The van der Waals surface area contributed by atoms with E-state index in [0.29, 0.717) is 13.2 Å². The Bertz CT molecular complexity index is 402. The normalized spacial score (nSPS) is 15.7. The Labute approximate surface area is 107 Å². The maximum atomic E-state index is 5.53. The summed E-state index contributed by atoms with van der Waals surface area (Å²) in [5, 5.41) is 0. The Balaban J connectivity index is 1.93. The van der Waals surface area contributed by atoms with E-state index in [4.69, 9.17) is 10.6 Å². The van der Waals surface area contributed by atoms with Gasteiger partial charge in [0, 0.05) is 45.7 Å². The molecule has 1 aromatic heterocycles. The number of hydrogen-bond donors (Lipinski definition) is 2. The number of aliphatic imine (C=N–C) groups is 1. The third kappa shape index (κ3) is 2.99. The molecule has 18 heavy (non-hydrogen) atoms. The molecule has 1 aromatic rings. The van der Waals surface area contributed by atoms with Crippen LogP contribution in [-0.2, 0) is 17.8 Å². The second kappa shape index (κ2) is 6.36. The summed E-state index contributed by atoms with van der Waals surface area (Å²) in [6, 6.07) is 0. The summed E-state index contributed by atoms with van der Waals surface area (Å²) < 4.78 is 7.14. The van der Waals surface area contributed by atoms with Crippen LogP contribution in [0.15, 0.2) is 17.4 Å². The molecule has 0 unspecified atom stereocenters. The summed E-state index contributed by atoms with van der Waals surface area (Å²) in [5.41, 5.74) is 2.67.